The summed E-state index contributed by atoms with van der Waals surface area (Å²) in [5.74, 6) is -0.391. The van der Waals surface area contributed by atoms with Crippen LogP contribution < -0.4 is 5.73 Å². The Morgan fingerprint density at radius 1 is 1.68 bits per heavy atom. The Morgan fingerprint density at radius 3 is 2.74 bits per heavy atom. The highest BCUT2D eigenvalue weighted by molar-refractivity contribution is 7.89. The zero-order valence-electron chi connectivity index (χ0n) is 11.2. The molecule has 1 heterocycles. The fraction of sp³-hybridized carbons (Fsp3) is 0.600. The quantitative estimate of drug-likeness (QED) is 0.326. The summed E-state index contributed by atoms with van der Waals surface area (Å²) >= 11 is 0. The van der Waals surface area contributed by atoms with Gasteiger partial charge in [-0.3, -0.25) is 0 Å². The minimum Gasteiger partial charge on any atom is -0.409 e. The van der Waals surface area contributed by atoms with Gasteiger partial charge in [0.25, 0.3) is 10.0 Å². The molecule has 1 atom stereocenters. The van der Waals surface area contributed by atoms with E-state index in [-0.39, 0.29) is 29.9 Å². The van der Waals surface area contributed by atoms with Crippen molar-refractivity contribution in [3.8, 4) is 0 Å². The second kappa shape index (κ2) is 6.02. The summed E-state index contributed by atoms with van der Waals surface area (Å²) < 4.78 is 27.5. The van der Waals surface area contributed by atoms with Gasteiger partial charge in [-0.05, 0) is 0 Å². The van der Waals surface area contributed by atoms with Gasteiger partial charge in [0.1, 0.15) is 5.84 Å². The Bertz CT molecular complexity index is 551. The summed E-state index contributed by atoms with van der Waals surface area (Å²) in [5, 5.41) is 11.5. The van der Waals surface area contributed by atoms with Gasteiger partial charge in [0.2, 0.25) is 0 Å². The molecule has 0 aromatic carbocycles. The van der Waals surface area contributed by atoms with E-state index in [0.29, 0.717) is 0 Å². The molecule has 0 saturated carbocycles. The molecular formula is C10H19N5O3S. The van der Waals surface area contributed by atoms with Gasteiger partial charge in [0.05, 0.1) is 6.33 Å². The molecule has 9 heteroatoms. The summed E-state index contributed by atoms with van der Waals surface area (Å²) in [5.41, 5.74) is 5.46. The number of oxime groups is 1. The van der Waals surface area contributed by atoms with Crippen molar-refractivity contribution in [2.24, 2.45) is 23.9 Å². The first-order chi connectivity index (χ1) is 8.82. The van der Waals surface area contributed by atoms with E-state index in [2.05, 4.69) is 10.1 Å². The zero-order valence-corrected chi connectivity index (χ0v) is 12.0. The Hall–Kier alpha value is -1.61. The number of nitrogens with two attached hydrogens (primary N) is 1. The number of rotatable bonds is 6. The molecule has 0 aliphatic carbocycles. The first-order valence-electron chi connectivity index (χ1n) is 5.78. The van der Waals surface area contributed by atoms with Crippen LogP contribution in [0.5, 0.6) is 0 Å². The highest BCUT2D eigenvalue weighted by atomic mass is 32.2. The minimum atomic E-state index is -3.66. The van der Waals surface area contributed by atoms with Crippen molar-refractivity contribution in [1.29, 1.82) is 0 Å². The van der Waals surface area contributed by atoms with Gasteiger partial charge in [0.15, 0.2) is 5.03 Å². The predicted octanol–water partition coefficient (Wildman–Crippen LogP) is -0.187. The van der Waals surface area contributed by atoms with Gasteiger partial charge in [-0.15, -0.1) is 0 Å². The number of hydrogen-bond donors (Lipinski definition) is 2. The molecule has 0 aliphatic heterocycles. The highest BCUT2D eigenvalue weighted by Gasteiger charge is 2.27. The first-order valence-corrected chi connectivity index (χ1v) is 7.22. The van der Waals surface area contributed by atoms with Crippen LogP contribution in [0, 0.1) is 5.92 Å². The maximum atomic E-state index is 12.3. The van der Waals surface area contributed by atoms with Crippen molar-refractivity contribution >= 4 is 15.9 Å². The Balaban J connectivity index is 2.97. The molecule has 1 unspecified atom stereocenters. The van der Waals surface area contributed by atoms with E-state index in [1.165, 1.54) is 16.8 Å². The molecule has 0 bridgehead atoms. The smallest absolute Gasteiger partial charge is 0.262 e. The molecule has 8 nitrogen and oxygen atoms in total. The third-order valence-electron chi connectivity index (χ3n) is 2.74. The number of nitrogens with zero attached hydrogens (tertiary/aromatic N) is 4. The standard InChI is InChI=1S/C10H19N5O3S/c1-4-15(5-8(2)10(11)13-16)19(17,18)9-6-14(3)7-12-9/h6-8,16H,4-5H2,1-3H3,(H2,11,13). The van der Waals surface area contributed by atoms with Crippen LogP contribution in [0.2, 0.25) is 0 Å². The highest BCUT2D eigenvalue weighted by Crippen LogP contribution is 2.14. The largest absolute Gasteiger partial charge is 0.409 e. The van der Waals surface area contributed by atoms with E-state index in [4.69, 9.17) is 10.9 Å². The first kappa shape index (κ1) is 15.4. The molecule has 19 heavy (non-hydrogen) atoms. The number of amidine groups is 1. The van der Waals surface area contributed by atoms with Crippen molar-refractivity contribution in [3.63, 3.8) is 0 Å². The normalized spacial score (nSPS) is 14.8. The molecule has 0 spiro atoms. The van der Waals surface area contributed by atoms with Crippen molar-refractivity contribution in [1.82, 2.24) is 13.9 Å². The van der Waals surface area contributed by atoms with Crippen LogP contribution in [0.25, 0.3) is 0 Å². The van der Waals surface area contributed by atoms with Crippen LogP contribution in [0.15, 0.2) is 22.7 Å². The molecule has 3 N–H and O–H groups in total. The minimum absolute atomic E-state index is 0.00493. The Labute approximate surface area is 112 Å². The van der Waals surface area contributed by atoms with Gasteiger partial charge in [-0.25, -0.2) is 13.4 Å². The maximum Gasteiger partial charge on any atom is 0.262 e. The van der Waals surface area contributed by atoms with Crippen molar-refractivity contribution < 1.29 is 13.6 Å². The van der Waals surface area contributed by atoms with Crippen LogP contribution in [0.1, 0.15) is 13.8 Å². The second-order valence-corrected chi connectivity index (χ2v) is 6.14. The van der Waals surface area contributed by atoms with E-state index in [0.717, 1.165) is 0 Å². The SMILES string of the molecule is CCN(CC(C)C(N)=NO)S(=O)(=O)c1cn(C)cn1. The lowest BCUT2D eigenvalue weighted by Crippen LogP contribution is -2.38. The predicted molar refractivity (Wildman–Crippen MR) is 70.2 cm³/mol. The lowest BCUT2D eigenvalue weighted by Gasteiger charge is -2.22. The monoisotopic (exact) mass is 289 g/mol. The van der Waals surface area contributed by atoms with Gasteiger partial charge in [0, 0.05) is 32.3 Å². The summed E-state index contributed by atoms with van der Waals surface area (Å²) in [7, 11) is -1.96. The summed E-state index contributed by atoms with van der Waals surface area (Å²) in [6.07, 6.45) is 2.86. The molecule has 0 radical (unpaired) electrons. The summed E-state index contributed by atoms with van der Waals surface area (Å²) in [6.45, 7) is 3.82. The van der Waals surface area contributed by atoms with E-state index < -0.39 is 10.0 Å². The molecule has 0 aliphatic rings. The number of imidazole rings is 1. The topological polar surface area (TPSA) is 114 Å². The fourth-order valence-corrected chi connectivity index (χ4v) is 3.05. The molecule has 1 aromatic heterocycles. The van der Waals surface area contributed by atoms with E-state index >= 15 is 0 Å². The summed E-state index contributed by atoms with van der Waals surface area (Å²) in [6, 6.07) is 0. The molecule has 0 amide bonds. The molecule has 0 saturated heterocycles. The van der Waals surface area contributed by atoms with E-state index in [1.54, 1.807) is 25.5 Å². The average molecular weight is 289 g/mol. The van der Waals surface area contributed by atoms with Crippen LogP contribution in [0.3, 0.4) is 0 Å². The Kier molecular flexibility index (Phi) is 4.90. The zero-order chi connectivity index (χ0) is 14.6. The molecular weight excluding hydrogens is 270 g/mol. The van der Waals surface area contributed by atoms with Gasteiger partial charge >= 0.3 is 0 Å². The number of aromatic nitrogens is 2. The van der Waals surface area contributed by atoms with Crippen molar-refractivity contribution in [2.45, 2.75) is 18.9 Å². The van der Waals surface area contributed by atoms with Crippen molar-refractivity contribution in [3.05, 3.63) is 12.5 Å². The third kappa shape index (κ3) is 3.44. The molecule has 1 rings (SSSR count). The second-order valence-electron chi connectivity index (χ2n) is 4.26. The van der Waals surface area contributed by atoms with Gasteiger partial charge in [-0.2, -0.15) is 4.31 Å². The third-order valence-corrected chi connectivity index (χ3v) is 4.56. The lowest BCUT2D eigenvalue weighted by molar-refractivity contribution is 0.311. The van der Waals surface area contributed by atoms with Crippen LogP contribution in [-0.4, -0.2) is 46.4 Å². The number of sulfonamides is 1. The number of hydrogen-bond acceptors (Lipinski definition) is 5. The van der Waals surface area contributed by atoms with Gasteiger partial charge in [-0.1, -0.05) is 19.0 Å². The maximum absolute atomic E-state index is 12.3. The Morgan fingerprint density at radius 2 is 2.32 bits per heavy atom. The summed E-state index contributed by atoms with van der Waals surface area (Å²) in [4.78, 5) is 3.85. The molecule has 108 valence electrons. The van der Waals surface area contributed by atoms with Gasteiger partial charge < -0.3 is 15.5 Å². The van der Waals surface area contributed by atoms with Crippen LogP contribution in [-0.2, 0) is 17.1 Å². The van der Waals surface area contributed by atoms with Crippen LogP contribution >= 0.6 is 0 Å². The van der Waals surface area contributed by atoms with E-state index in [9.17, 15) is 8.42 Å². The lowest BCUT2D eigenvalue weighted by atomic mass is 10.1. The van der Waals surface area contributed by atoms with Crippen LogP contribution in [0.4, 0.5) is 0 Å². The average Bonchev–Trinajstić information content (AvgIpc) is 2.81. The molecule has 1 aromatic rings. The molecule has 0 fully saturated rings. The number of aryl methyl sites for hydroxylation is 1. The van der Waals surface area contributed by atoms with E-state index in [1.807, 2.05) is 0 Å². The fourth-order valence-electron chi connectivity index (χ4n) is 1.55. The van der Waals surface area contributed by atoms with Crippen molar-refractivity contribution in [2.75, 3.05) is 13.1 Å².